The topological polar surface area (TPSA) is 92.3 Å². The molecular weight excluding hydrogens is 396 g/mol. The molecule has 1 aliphatic rings. The highest BCUT2D eigenvalue weighted by Gasteiger charge is 2.36. The zero-order valence-corrected chi connectivity index (χ0v) is 18.0. The minimum Gasteiger partial charge on any atom is -0.372 e. The zero-order chi connectivity index (χ0) is 20.3. The Morgan fingerprint density at radius 3 is 2.75 bits per heavy atom. The van der Waals surface area contributed by atoms with E-state index in [1.807, 2.05) is 38.1 Å². The molecule has 28 heavy (non-hydrogen) atoms. The standard InChI is InChI=1S/C19H26N4O3S2/c1-4-13(2)23(14-9-10-28(25,26)12-14)17(24)11-27-19-21-16-8-6-5-7-15(16)18(20-3)22-19/h5-8,13-14H,4,9-12H2,1-3H3,(H,20,21,22)/t13-,14+/m0/s1. The molecule has 2 aromatic rings. The molecule has 0 unspecified atom stereocenters. The third kappa shape index (κ3) is 4.57. The van der Waals surface area contributed by atoms with Gasteiger partial charge in [0.05, 0.1) is 22.8 Å². The molecule has 3 rings (SSSR count). The SMILES string of the molecule is CC[C@H](C)N(C(=O)CSc1nc(NC)c2ccccc2n1)[C@@H]1CCS(=O)(=O)C1. The van der Waals surface area contributed by atoms with Gasteiger partial charge in [-0.2, -0.15) is 0 Å². The molecule has 7 nitrogen and oxygen atoms in total. The Morgan fingerprint density at radius 1 is 1.36 bits per heavy atom. The van der Waals surface area contributed by atoms with Crippen LogP contribution in [0.4, 0.5) is 5.82 Å². The summed E-state index contributed by atoms with van der Waals surface area (Å²) < 4.78 is 23.8. The van der Waals surface area contributed by atoms with E-state index in [1.165, 1.54) is 11.8 Å². The predicted molar refractivity (Wildman–Crippen MR) is 113 cm³/mol. The first kappa shape index (κ1) is 20.9. The Morgan fingerprint density at radius 2 is 2.11 bits per heavy atom. The fourth-order valence-electron chi connectivity index (χ4n) is 3.51. The number of nitrogens with zero attached hydrogens (tertiary/aromatic N) is 3. The number of hydrogen-bond acceptors (Lipinski definition) is 7. The summed E-state index contributed by atoms with van der Waals surface area (Å²) in [4.78, 5) is 23.8. The lowest BCUT2D eigenvalue weighted by Gasteiger charge is -2.33. The Kier molecular flexibility index (Phi) is 6.44. The molecule has 0 spiro atoms. The average molecular weight is 423 g/mol. The summed E-state index contributed by atoms with van der Waals surface area (Å²) in [6.07, 6.45) is 1.29. The maximum absolute atomic E-state index is 13.0. The van der Waals surface area contributed by atoms with Gasteiger partial charge in [0.2, 0.25) is 5.91 Å². The van der Waals surface area contributed by atoms with Gasteiger partial charge < -0.3 is 10.2 Å². The summed E-state index contributed by atoms with van der Waals surface area (Å²) in [6.45, 7) is 3.98. The summed E-state index contributed by atoms with van der Waals surface area (Å²) in [5.74, 6) is 1.06. The van der Waals surface area contributed by atoms with Crippen LogP contribution >= 0.6 is 11.8 Å². The Labute approximate surface area is 170 Å². The van der Waals surface area contributed by atoms with Gasteiger partial charge in [0.25, 0.3) is 0 Å². The second-order valence-electron chi connectivity index (χ2n) is 7.03. The summed E-state index contributed by atoms with van der Waals surface area (Å²) >= 11 is 1.28. The van der Waals surface area contributed by atoms with E-state index in [4.69, 9.17) is 0 Å². The number of nitrogens with one attached hydrogen (secondary N) is 1. The second-order valence-corrected chi connectivity index (χ2v) is 10.2. The van der Waals surface area contributed by atoms with Crippen molar-refractivity contribution in [1.29, 1.82) is 0 Å². The fourth-order valence-corrected chi connectivity index (χ4v) is 5.94. The third-order valence-electron chi connectivity index (χ3n) is 5.10. The number of fused-ring (bicyclic) bond motifs is 1. The molecule has 1 aliphatic heterocycles. The molecule has 2 heterocycles. The van der Waals surface area contributed by atoms with Gasteiger partial charge in [0, 0.05) is 24.5 Å². The second kappa shape index (κ2) is 8.65. The van der Waals surface area contributed by atoms with E-state index in [0.717, 1.165) is 23.1 Å². The van der Waals surface area contributed by atoms with Crippen molar-refractivity contribution < 1.29 is 13.2 Å². The van der Waals surface area contributed by atoms with Gasteiger partial charge in [-0.05, 0) is 31.9 Å². The number of amides is 1. The Bertz CT molecular complexity index is 965. The highest BCUT2D eigenvalue weighted by molar-refractivity contribution is 7.99. The molecule has 1 aromatic heterocycles. The first-order chi connectivity index (χ1) is 13.3. The highest BCUT2D eigenvalue weighted by atomic mass is 32.2. The molecule has 152 valence electrons. The Balaban J connectivity index is 1.76. The predicted octanol–water partition coefficient (Wildman–Crippen LogP) is 2.58. The Hall–Kier alpha value is -1.87. The quantitative estimate of drug-likeness (QED) is 0.541. The summed E-state index contributed by atoms with van der Waals surface area (Å²) in [7, 11) is -1.24. The van der Waals surface area contributed by atoms with Gasteiger partial charge in [-0.3, -0.25) is 4.79 Å². The fraction of sp³-hybridized carbons (Fsp3) is 0.526. The van der Waals surface area contributed by atoms with Crippen molar-refractivity contribution in [2.45, 2.75) is 43.9 Å². The number of benzene rings is 1. The molecule has 0 aliphatic carbocycles. The van der Waals surface area contributed by atoms with Gasteiger partial charge >= 0.3 is 0 Å². The number of carbonyl (C=O) groups excluding carboxylic acids is 1. The lowest BCUT2D eigenvalue weighted by Crippen LogP contribution is -2.47. The lowest BCUT2D eigenvalue weighted by atomic mass is 10.1. The third-order valence-corrected chi connectivity index (χ3v) is 7.68. The van der Waals surface area contributed by atoms with E-state index < -0.39 is 9.84 Å². The lowest BCUT2D eigenvalue weighted by molar-refractivity contribution is -0.132. The van der Waals surface area contributed by atoms with Gasteiger partial charge in [-0.15, -0.1) is 0 Å². The number of thioether (sulfide) groups is 1. The molecule has 1 saturated heterocycles. The van der Waals surface area contributed by atoms with Crippen molar-refractivity contribution in [2.24, 2.45) is 0 Å². The average Bonchev–Trinajstić information content (AvgIpc) is 3.04. The van der Waals surface area contributed by atoms with E-state index in [-0.39, 0.29) is 35.2 Å². The van der Waals surface area contributed by atoms with Gasteiger partial charge in [0.1, 0.15) is 5.82 Å². The number of anilines is 1. The highest BCUT2D eigenvalue weighted by Crippen LogP contribution is 2.26. The van der Waals surface area contributed by atoms with Crippen LogP contribution in [-0.4, -0.2) is 65.6 Å². The number of para-hydroxylation sites is 1. The van der Waals surface area contributed by atoms with Crippen LogP contribution in [0.1, 0.15) is 26.7 Å². The van der Waals surface area contributed by atoms with Gasteiger partial charge in [0.15, 0.2) is 15.0 Å². The maximum Gasteiger partial charge on any atom is 0.233 e. The summed E-state index contributed by atoms with van der Waals surface area (Å²) in [6, 6.07) is 7.47. The molecule has 0 bridgehead atoms. The minimum atomic E-state index is -3.05. The zero-order valence-electron chi connectivity index (χ0n) is 16.4. The van der Waals surface area contributed by atoms with Gasteiger partial charge in [-0.25, -0.2) is 18.4 Å². The van der Waals surface area contributed by atoms with Crippen LogP contribution in [0.2, 0.25) is 0 Å². The van der Waals surface area contributed by atoms with Crippen LogP contribution < -0.4 is 5.32 Å². The van der Waals surface area contributed by atoms with Crippen LogP contribution in [0.15, 0.2) is 29.4 Å². The van der Waals surface area contributed by atoms with Gasteiger partial charge in [-0.1, -0.05) is 30.8 Å². The monoisotopic (exact) mass is 422 g/mol. The number of aromatic nitrogens is 2. The van der Waals surface area contributed by atoms with E-state index >= 15 is 0 Å². The normalized spacial score (nSPS) is 19.5. The molecule has 1 fully saturated rings. The maximum atomic E-state index is 13.0. The number of rotatable bonds is 7. The first-order valence-corrected chi connectivity index (χ1v) is 12.2. The van der Waals surface area contributed by atoms with Crippen LogP contribution in [-0.2, 0) is 14.6 Å². The van der Waals surface area contributed by atoms with Crippen LogP contribution in [0.3, 0.4) is 0 Å². The smallest absolute Gasteiger partial charge is 0.233 e. The van der Waals surface area contributed by atoms with Crippen LogP contribution in [0, 0.1) is 0 Å². The van der Waals surface area contributed by atoms with E-state index in [2.05, 4.69) is 15.3 Å². The minimum absolute atomic E-state index is 0.00297. The molecule has 1 aromatic carbocycles. The number of carbonyl (C=O) groups is 1. The molecule has 0 saturated carbocycles. The van der Waals surface area contributed by atoms with E-state index in [1.54, 1.807) is 11.9 Å². The molecule has 9 heteroatoms. The van der Waals surface area contributed by atoms with Crippen LogP contribution in [0.25, 0.3) is 10.9 Å². The first-order valence-electron chi connectivity index (χ1n) is 9.43. The molecular formula is C19H26N4O3S2. The molecule has 0 radical (unpaired) electrons. The van der Waals surface area contributed by atoms with Crippen molar-refractivity contribution in [2.75, 3.05) is 29.6 Å². The molecule has 2 atom stereocenters. The van der Waals surface area contributed by atoms with Crippen molar-refractivity contribution in [3.05, 3.63) is 24.3 Å². The largest absolute Gasteiger partial charge is 0.372 e. The van der Waals surface area contributed by atoms with E-state index in [9.17, 15) is 13.2 Å². The van der Waals surface area contributed by atoms with Crippen molar-refractivity contribution in [3.8, 4) is 0 Å². The molecule has 1 N–H and O–H groups in total. The summed E-state index contributed by atoms with van der Waals surface area (Å²) in [5, 5.41) is 4.53. The van der Waals surface area contributed by atoms with E-state index in [0.29, 0.717) is 11.6 Å². The van der Waals surface area contributed by atoms with Crippen molar-refractivity contribution >= 4 is 44.2 Å². The van der Waals surface area contributed by atoms with Crippen molar-refractivity contribution in [3.63, 3.8) is 0 Å². The number of sulfone groups is 1. The number of hydrogen-bond donors (Lipinski definition) is 1. The van der Waals surface area contributed by atoms with Crippen LogP contribution in [0.5, 0.6) is 0 Å². The summed E-state index contributed by atoms with van der Waals surface area (Å²) in [5.41, 5.74) is 0.817. The molecule has 1 amide bonds. The van der Waals surface area contributed by atoms with Crippen molar-refractivity contribution in [1.82, 2.24) is 14.9 Å².